The maximum Gasteiger partial charge on any atom is 0.232 e. The van der Waals surface area contributed by atoms with Crippen LogP contribution in [-0.2, 0) is 6.54 Å². The molecule has 0 amide bonds. The van der Waals surface area contributed by atoms with Crippen molar-refractivity contribution in [2.45, 2.75) is 13.5 Å². The lowest BCUT2D eigenvalue weighted by Crippen LogP contribution is -3.13. The molecule has 0 saturated carbocycles. The zero-order chi connectivity index (χ0) is 20.2. The highest BCUT2D eigenvalue weighted by atomic mass is 19.1. The van der Waals surface area contributed by atoms with E-state index in [1.807, 2.05) is 43.3 Å². The van der Waals surface area contributed by atoms with Crippen LogP contribution in [0.3, 0.4) is 0 Å². The molecule has 3 aromatic rings. The molecular weight excluding hydrogens is 369 g/mol. The molecule has 1 fully saturated rings. The van der Waals surface area contributed by atoms with Crippen molar-refractivity contribution in [1.82, 2.24) is 15.0 Å². The van der Waals surface area contributed by atoms with Gasteiger partial charge in [0.2, 0.25) is 11.9 Å². The van der Waals surface area contributed by atoms with E-state index >= 15 is 0 Å². The Bertz CT molecular complexity index is 969. The van der Waals surface area contributed by atoms with Crippen LogP contribution in [0.25, 0.3) is 0 Å². The summed E-state index contributed by atoms with van der Waals surface area (Å²) in [7, 11) is 0. The molecule has 150 valence electrons. The SMILES string of the molecule is Cc1cccc(Nc2nc(N)nc(C[NH+]3CCN(c4ccc(F)cc4)CC3)n2)c1. The average Bonchev–Trinajstić information content (AvgIpc) is 2.69. The van der Waals surface area contributed by atoms with Crippen molar-refractivity contribution in [2.24, 2.45) is 0 Å². The molecule has 0 spiro atoms. The number of piperazine rings is 1. The van der Waals surface area contributed by atoms with E-state index in [9.17, 15) is 4.39 Å². The van der Waals surface area contributed by atoms with Gasteiger partial charge in [0.05, 0.1) is 26.2 Å². The summed E-state index contributed by atoms with van der Waals surface area (Å²) in [6.45, 7) is 6.42. The number of nitrogens with one attached hydrogen (secondary N) is 2. The molecule has 1 saturated heterocycles. The van der Waals surface area contributed by atoms with Crippen LogP contribution in [0, 0.1) is 12.7 Å². The highest BCUT2D eigenvalue weighted by Gasteiger charge is 2.22. The van der Waals surface area contributed by atoms with Gasteiger partial charge in [0.1, 0.15) is 12.4 Å². The van der Waals surface area contributed by atoms with Gasteiger partial charge in [-0.05, 0) is 48.9 Å². The zero-order valence-electron chi connectivity index (χ0n) is 16.4. The van der Waals surface area contributed by atoms with Crippen LogP contribution < -0.4 is 20.9 Å². The number of benzene rings is 2. The van der Waals surface area contributed by atoms with Gasteiger partial charge in [0.15, 0.2) is 5.82 Å². The molecule has 2 aromatic carbocycles. The van der Waals surface area contributed by atoms with Gasteiger partial charge >= 0.3 is 0 Å². The lowest BCUT2D eigenvalue weighted by atomic mass is 10.2. The van der Waals surface area contributed by atoms with Crippen molar-refractivity contribution in [1.29, 1.82) is 0 Å². The Labute approximate surface area is 169 Å². The van der Waals surface area contributed by atoms with Crippen LogP contribution in [0.5, 0.6) is 0 Å². The van der Waals surface area contributed by atoms with Crippen LogP contribution in [0.2, 0.25) is 0 Å². The second-order valence-corrected chi connectivity index (χ2v) is 7.32. The molecule has 2 heterocycles. The Morgan fingerprint density at radius 2 is 1.83 bits per heavy atom. The van der Waals surface area contributed by atoms with Gasteiger partial charge in [0.25, 0.3) is 0 Å². The van der Waals surface area contributed by atoms with E-state index in [2.05, 4.69) is 25.2 Å². The van der Waals surface area contributed by atoms with Crippen molar-refractivity contribution in [3.05, 3.63) is 65.7 Å². The number of aromatic nitrogens is 3. The second-order valence-electron chi connectivity index (χ2n) is 7.32. The molecule has 1 aromatic heterocycles. The Morgan fingerprint density at radius 3 is 2.55 bits per heavy atom. The number of hydrogen-bond donors (Lipinski definition) is 3. The third-order valence-electron chi connectivity index (χ3n) is 5.04. The van der Waals surface area contributed by atoms with Crippen LogP contribution >= 0.6 is 0 Å². The molecule has 0 unspecified atom stereocenters. The maximum absolute atomic E-state index is 13.1. The standard InChI is InChI=1S/C21H24FN7/c1-15-3-2-4-17(13-15)24-21-26-19(25-20(23)27-21)14-28-9-11-29(12-10-28)18-7-5-16(22)6-8-18/h2-8,13H,9-12,14H2,1H3,(H3,23,24,25,26,27)/p+1. The first kappa shape index (κ1) is 19.1. The minimum Gasteiger partial charge on any atom is -0.368 e. The lowest BCUT2D eigenvalue weighted by Gasteiger charge is -2.33. The average molecular weight is 394 g/mol. The van der Waals surface area contributed by atoms with E-state index in [4.69, 9.17) is 5.73 Å². The normalized spacial score (nSPS) is 14.8. The van der Waals surface area contributed by atoms with Gasteiger partial charge in [-0.25, -0.2) is 4.39 Å². The summed E-state index contributed by atoms with van der Waals surface area (Å²) in [4.78, 5) is 16.7. The lowest BCUT2D eigenvalue weighted by molar-refractivity contribution is -0.915. The van der Waals surface area contributed by atoms with Crippen molar-refractivity contribution >= 4 is 23.3 Å². The smallest absolute Gasteiger partial charge is 0.232 e. The predicted molar refractivity (Wildman–Crippen MR) is 112 cm³/mol. The summed E-state index contributed by atoms with van der Waals surface area (Å²) in [5, 5.41) is 3.21. The fourth-order valence-electron chi connectivity index (χ4n) is 3.56. The molecule has 0 aliphatic carbocycles. The molecule has 29 heavy (non-hydrogen) atoms. The summed E-state index contributed by atoms with van der Waals surface area (Å²) in [5.41, 5.74) is 9.03. The van der Waals surface area contributed by atoms with Gasteiger partial charge in [-0.2, -0.15) is 15.0 Å². The summed E-state index contributed by atoms with van der Waals surface area (Å²) in [5.74, 6) is 1.15. The molecule has 4 N–H and O–H groups in total. The van der Waals surface area contributed by atoms with Crippen LogP contribution in [0.1, 0.15) is 11.4 Å². The van der Waals surface area contributed by atoms with E-state index in [-0.39, 0.29) is 11.8 Å². The molecule has 0 atom stereocenters. The molecule has 1 aliphatic rings. The number of hydrogen-bond acceptors (Lipinski definition) is 6. The monoisotopic (exact) mass is 394 g/mol. The number of halogens is 1. The summed E-state index contributed by atoms with van der Waals surface area (Å²) in [6.07, 6.45) is 0. The molecular formula is C21H25FN7+. The molecule has 4 rings (SSSR count). The van der Waals surface area contributed by atoms with Crippen molar-refractivity contribution < 1.29 is 9.29 Å². The second kappa shape index (κ2) is 8.40. The number of quaternary nitrogens is 1. The van der Waals surface area contributed by atoms with Gasteiger partial charge in [-0.15, -0.1) is 0 Å². The fraction of sp³-hybridized carbons (Fsp3) is 0.286. The number of nitrogen functional groups attached to an aromatic ring is 1. The third-order valence-corrected chi connectivity index (χ3v) is 5.04. The highest BCUT2D eigenvalue weighted by Crippen LogP contribution is 2.16. The molecule has 0 radical (unpaired) electrons. The van der Waals surface area contributed by atoms with Gasteiger partial charge < -0.3 is 20.9 Å². The van der Waals surface area contributed by atoms with Crippen molar-refractivity contribution in [3.8, 4) is 0 Å². The fourth-order valence-corrected chi connectivity index (χ4v) is 3.56. The van der Waals surface area contributed by atoms with Crippen molar-refractivity contribution in [3.63, 3.8) is 0 Å². The summed E-state index contributed by atoms with van der Waals surface area (Å²) < 4.78 is 13.1. The van der Waals surface area contributed by atoms with Crippen molar-refractivity contribution in [2.75, 3.05) is 42.1 Å². The molecule has 0 bridgehead atoms. The van der Waals surface area contributed by atoms with Gasteiger partial charge in [-0.1, -0.05) is 12.1 Å². The van der Waals surface area contributed by atoms with Crippen LogP contribution in [0.15, 0.2) is 48.5 Å². The zero-order valence-corrected chi connectivity index (χ0v) is 16.4. The first-order valence-corrected chi connectivity index (χ1v) is 9.73. The summed E-state index contributed by atoms with van der Waals surface area (Å²) in [6, 6.07) is 14.7. The first-order chi connectivity index (χ1) is 14.0. The number of nitrogens with two attached hydrogens (primary N) is 1. The Balaban J connectivity index is 1.38. The van der Waals surface area contributed by atoms with E-state index in [0.717, 1.165) is 43.1 Å². The molecule has 8 heteroatoms. The van der Waals surface area contributed by atoms with E-state index in [0.29, 0.717) is 18.3 Å². The van der Waals surface area contributed by atoms with Crippen LogP contribution in [0.4, 0.5) is 27.7 Å². The van der Waals surface area contributed by atoms with E-state index < -0.39 is 0 Å². The quantitative estimate of drug-likeness (QED) is 0.609. The minimum atomic E-state index is -0.208. The largest absolute Gasteiger partial charge is 0.368 e. The molecule has 1 aliphatic heterocycles. The van der Waals surface area contributed by atoms with E-state index in [1.165, 1.54) is 17.0 Å². The minimum absolute atomic E-state index is 0.208. The maximum atomic E-state index is 13.1. The summed E-state index contributed by atoms with van der Waals surface area (Å²) >= 11 is 0. The van der Waals surface area contributed by atoms with Gasteiger partial charge in [0, 0.05) is 11.4 Å². The molecule has 7 nitrogen and oxygen atoms in total. The Hall–Kier alpha value is -3.26. The number of anilines is 4. The van der Waals surface area contributed by atoms with Gasteiger partial charge in [-0.3, -0.25) is 0 Å². The number of rotatable bonds is 5. The van der Waals surface area contributed by atoms with E-state index in [1.54, 1.807) is 0 Å². The highest BCUT2D eigenvalue weighted by molar-refractivity contribution is 5.54. The predicted octanol–water partition coefficient (Wildman–Crippen LogP) is 1.55. The Kier molecular flexibility index (Phi) is 5.53. The number of aryl methyl sites for hydroxylation is 1. The topological polar surface area (TPSA) is 84.4 Å². The first-order valence-electron chi connectivity index (χ1n) is 9.73. The van der Waals surface area contributed by atoms with Crippen LogP contribution in [-0.4, -0.2) is 41.1 Å². The number of nitrogens with zero attached hydrogens (tertiary/aromatic N) is 4. The third kappa shape index (κ3) is 4.97. The Morgan fingerprint density at radius 1 is 1.07 bits per heavy atom.